The molecular weight excluding hydrogens is 512 g/mol. The maximum absolute atomic E-state index is 13.8. The summed E-state index contributed by atoms with van der Waals surface area (Å²) < 4.78 is 29.9. The van der Waals surface area contributed by atoms with Crippen LogP contribution in [0.25, 0.3) is 0 Å². The Bertz CT molecular complexity index is 1310. The van der Waals surface area contributed by atoms with E-state index >= 15 is 0 Å². The molecule has 1 aliphatic rings. The van der Waals surface area contributed by atoms with Crippen LogP contribution in [0.2, 0.25) is 0 Å². The molecule has 0 saturated carbocycles. The van der Waals surface area contributed by atoms with Crippen LogP contribution in [0.3, 0.4) is 0 Å². The molecule has 178 valence electrons. The maximum atomic E-state index is 13.8. The zero-order valence-electron chi connectivity index (χ0n) is 19.7. The summed E-state index contributed by atoms with van der Waals surface area (Å²) in [4.78, 5) is 15.6. The third-order valence-corrected chi connectivity index (χ3v) is 8.77. The molecule has 1 aliphatic heterocycles. The molecule has 34 heavy (non-hydrogen) atoms. The quantitative estimate of drug-likeness (QED) is 0.409. The molecule has 1 amide bonds. The van der Waals surface area contributed by atoms with Crippen LogP contribution in [-0.2, 0) is 27.7 Å². The molecular formula is C27H29BrN2O3S. The van der Waals surface area contributed by atoms with Crippen molar-refractivity contribution in [1.29, 1.82) is 0 Å². The van der Waals surface area contributed by atoms with Crippen molar-refractivity contribution in [1.82, 2.24) is 4.31 Å². The van der Waals surface area contributed by atoms with Crippen molar-refractivity contribution in [3.8, 4) is 0 Å². The second kappa shape index (κ2) is 10.0. The minimum Gasteiger partial charge on any atom is -0.308 e. The highest BCUT2D eigenvalue weighted by Gasteiger charge is 2.35. The summed E-state index contributed by atoms with van der Waals surface area (Å²) in [6, 6.07) is 21.0. The number of sulfonamides is 1. The van der Waals surface area contributed by atoms with Crippen LogP contribution in [0, 0.1) is 13.8 Å². The molecule has 1 heterocycles. The lowest BCUT2D eigenvalue weighted by molar-refractivity contribution is -0.119. The molecule has 1 atom stereocenters. The number of carbonyl (C=O) groups excluding carboxylic acids is 1. The van der Waals surface area contributed by atoms with E-state index in [0.29, 0.717) is 12.0 Å². The Hall–Kier alpha value is -2.48. The zero-order chi connectivity index (χ0) is 24.5. The summed E-state index contributed by atoms with van der Waals surface area (Å²) >= 11 is 3.50. The Morgan fingerprint density at radius 3 is 2.53 bits per heavy atom. The van der Waals surface area contributed by atoms with E-state index in [1.807, 2.05) is 74.5 Å². The zero-order valence-corrected chi connectivity index (χ0v) is 22.1. The van der Waals surface area contributed by atoms with Crippen molar-refractivity contribution in [2.24, 2.45) is 0 Å². The van der Waals surface area contributed by atoms with Gasteiger partial charge in [0.15, 0.2) is 0 Å². The summed E-state index contributed by atoms with van der Waals surface area (Å²) in [5, 5.41) is 0. The van der Waals surface area contributed by atoms with Gasteiger partial charge in [-0.1, -0.05) is 58.4 Å². The smallest absolute Gasteiger partial charge is 0.243 e. The summed E-state index contributed by atoms with van der Waals surface area (Å²) in [6.07, 6.45) is 1.27. The first-order valence-corrected chi connectivity index (χ1v) is 13.6. The largest absolute Gasteiger partial charge is 0.308 e. The normalized spacial score (nSPS) is 15.6. The van der Waals surface area contributed by atoms with E-state index in [2.05, 4.69) is 15.9 Å². The van der Waals surface area contributed by atoms with Gasteiger partial charge in [-0.15, -0.1) is 0 Å². The number of fused-ring (bicyclic) bond motifs is 1. The van der Waals surface area contributed by atoms with Gasteiger partial charge in [0.05, 0.1) is 11.4 Å². The number of carbonyl (C=O) groups is 1. The molecule has 7 heteroatoms. The van der Waals surface area contributed by atoms with E-state index in [9.17, 15) is 13.2 Å². The molecule has 3 aromatic rings. The van der Waals surface area contributed by atoms with E-state index in [-0.39, 0.29) is 29.9 Å². The van der Waals surface area contributed by atoms with Crippen molar-refractivity contribution in [3.63, 3.8) is 0 Å². The van der Waals surface area contributed by atoms with E-state index in [1.54, 1.807) is 17.9 Å². The number of hydrogen-bond donors (Lipinski definition) is 0. The maximum Gasteiger partial charge on any atom is 0.243 e. The fourth-order valence-corrected chi connectivity index (χ4v) is 6.62. The van der Waals surface area contributed by atoms with E-state index in [1.165, 1.54) is 4.31 Å². The lowest BCUT2D eigenvalue weighted by atomic mass is 10.1. The molecule has 0 bridgehead atoms. The Labute approximate surface area is 210 Å². The van der Waals surface area contributed by atoms with Crippen LogP contribution in [0.15, 0.2) is 76.1 Å². The number of anilines is 1. The molecule has 0 spiro atoms. The summed E-state index contributed by atoms with van der Waals surface area (Å²) in [5.41, 5.74) is 4.51. The Morgan fingerprint density at radius 1 is 1.06 bits per heavy atom. The van der Waals surface area contributed by atoms with Gasteiger partial charge in [0.25, 0.3) is 0 Å². The molecule has 0 unspecified atom stereocenters. The predicted molar refractivity (Wildman–Crippen MR) is 140 cm³/mol. The van der Waals surface area contributed by atoms with E-state index in [0.717, 1.165) is 33.3 Å². The molecule has 4 rings (SSSR count). The summed E-state index contributed by atoms with van der Waals surface area (Å²) in [6.45, 7) is 5.68. The molecule has 0 aliphatic carbocycles. The van der Waals surface area contributed by atoms with Gasteiger partial charge in [0.2, 0.25) is 15.9 Å². The van der Waals surface area contributed by atoms with E-state index in [4.69, 9.17) is 0 Å². The van der Waals surface area contributed by atoms with Crippen molar-refractivity contribution < 1.29 is 13.2 Å². The van der Waals surface area contributed by atoms with Crippen LogP contribution in [0.1, 0.15) is 29.2 Å². The first-order valence-electron chi connectivity index (χ1n) is 11.4. The van der Waals surface area contributed by atoms with Gasteiger partial charge in [-0.2, -0.15) is 4.31 Å². The van der Waals surface area contributed by atoms with Gasteiger partial charge in [-0.25, -0.2) is 8.42 Å². The Morgan fingerprint density at radius 2 is 1.79 bits per heavy atom. The molecule has 0 N–H and O–H groups in total. The Balaban J connectivity index is 1.66. The third-order valence-electron chi connectivity index (χ3n) is 6.29. The first kappa shape index (κ1) is 24.6. The van der Waals surface area contributed by atoms with Gasteiger partial charge < -0.3 is 4.90 Å². The molecule has 0 aromatic heterocycles. The van der Waals surface area contributed by atoms with Crippen LogP contribution >= 0.6 is 15.9 Å². The highest BCUT2D eigenvalue weighted by molar-refractivity contribution is 9.10. The average Bonchev–Trinajstić information content (AvgIpc) is 3.13. The van der Waals surface area contributed by atoms with Crippen molar-refractivity contribution >= 4 is 37.5 Å². The predicted octanol–water partition coefficient (Wildman–Crippen LogP) is 5.28. The number of nitrogens with zero attached hydrogens (tertiary/aromatic N) is 2. The standard InChI is InChI=1S/C27H29BrN2O3S/c1-19-9-10-20(2)26(15-19)34(32,33)29(14-13-22-7-5-4-6-8-22)18-27(31)30-21(3)16-23-17-24(28)11-12-25(23)30/h4-12,15,17,21H,13-14,16,18H2,1-3H3/t21-/m1/s1. The lowest BCUT2D eigenvalue weighted by Crippen LogP contribution is -2.45. The summed E-state index contributed by atoms with van der Waals surface area (Å²) in [5.74, 6) is -0.212. The van der Waals surface area contributed by atoms with Gasteiger partial charge in [-0.05, 0) is 80.1 Å². The van der Waals surface area contributed by atoms with Crippen molar-refractivity contribution in [2.75, 3.05) is 18.0 Å². The van der Waals surface area contributed by atoms with Crippen LogP contribution in [0.4, 0.5) is 5.69 Å². The minimum atomic E-state index is -3.87. The van der Waals surface area contributed by atoms with Gasteiger partial charge in [0.1, 0.15) is 0 Å². The second-order valence-corrected chi connectivity index (χ2v) is 11.8. The number of halogens is 1. The number of amides is 1. The summed E-state index contributed by atoms with van der Waals surface area (Å²) in [7, 11) is -3.87. The average molecular weight is 542 g/mol. The van der Waals surface area contributed by atoms with Crippen molar-refractivity contribution in [2.45, 2.75) is 44.6 Å². The fraction of sp³-hybridized carbons (Fsp3) is 0.296. The molecule has 0 fully saturated rings. The second-order valence-electron chi connectivity index (χ2n) is 8.93. The number of benzene rings is 3. The number of hydrogen-bond acceptors (Lipinski definition) is 3. The van der Waals surface area contributed by atoms with Crippen LogP contribution < -0.4 is 4.90 Å². The topological polar surface area (TPSA) is 57.7 Å². The number of rotatable bonds is 7. The lowest BCUT2D eigenvalue weighted by Gasteiger charge is -2.28. The van der Waals surface area contributed by atoms with E-state index < -0.39 is 10.0 Å². The highest BCUT2D eigenvalue weighted by Crippen LogP contribution is 2.34. The third kappa shape index (κ3) is 5.11. The molecule has 5 nitrogen and oxygen atoms in total. The monoisotopic (exact) mass is 540 g/mol. The molecule has 0 saturated heterocycles. The van der Waals surface area contributed by atoms with Crippen LogP contribution in [0.5, 0.6) is 0 Å². The highest BCUT2D eigenvalue weighted by atomic mass is 79.9. The van der Waals surface area contributed by atoms with Crippen molar-refractivity contribution in [3.05, 3.63) is 93.5 Å². The van der Waals surface area contributed by atoms with Gasteiger partial charge >= 0.3 is 0 Å². The fourth-order valence-electron chi connectivity index (χ4n) is 4.51. The number of aryl methyl sites for hydroxylation is 2. The first-order chi connectivity index (χ1) is 16.2. The minimum absolute atomic E-state index is 0.0313. The Kier molecular flexibility index (Phi) is 7.26. The molecule has 0 radical (unpaired) electrons. The van der Waals surface area contributed by atoms with Crippen LogP contribution in [-0.4, -0.2) is 37.8 Å². The molecule has 3 aromatic carbocycles. The van der Waals surface area contributed by atoms with Gasteiger partial charge in [0, 0.05) is 22.7 Å². The van der Waals surface area contributed by atoms with Gasteiger partial charge in [-0.3, -0.25) is 4.79 Å². The SMILES string of the molecule is Cc1ccc(C)c(S(=O)(=O)N(CCc2ccccc2)CC(=O)N2c3ccc(Br)cc3C[C@H]2C)c1.